The summed E-state index contributed by atoms with van der Waals surface area (Å²) in [7, 11) is -3.76. The van der Waals surface area contributed by atoms with Crippen molar-refractivity contribution in [1.29, 1.82) is 0 Å². The molecule has 108 valence electrons. The summed E-state index contributed by atoms with van der Waals surface area (Å²) in [5.74, 6) is -0.507. The van der Waals surface area contributed by atoms with Crippen molar-refractivity contribution in [2.45, 2.75) is 4.90 Å². The summed E-state index contributed by atoms with van der Waals surface area (Å²) in [4.78, 5) is -0.0777. The Labute approximate surface area is 121 Å². The van der Waals surface area contributed by atoms with Crippen LogP contribution in [0.2, 0.25) is 0 Å². The van der Waals surface area contributed by atoms with E-state index in [9.17, 15) is 17.9 Å². The Hall–Kier alpha value is -2.34. The maximum absolute atomic E-state index is 13.0. The quantitative estimate of drug-likeness (QED) is 0.947. The van der Waals surface area contributed by atoms with Gasteiger partial charge in [0.1, 0.15) is 28.8 Å². The van der Waals surface area contributed by atoms with E-state index in [1.807, 2.05) is 0 Å². The second-order valence-electron chi connectivity index (χ2n) is 4.56. The van der Waals surface area contributed by atoms with E-state index in [-0.39, 0.29) is 27.9 Å². The van der Waals surface area contributed by atoms with Gasteiger partial charge in [0.2, 0.25) is 9.84 Å². The molecule has 1 heterocycles. The third-order valence-corrected chi connectivity index (χ3v) is 5.04. The summed E-state index contributed by atoms with van der Waals surface area (Å²) in [6, 6.07) is 9.94. The number of hydrogen-bond donors (Lipinski definition) is 1. The molecular formula is C15H11FO4S. The van der Waals surface area contributed by atoms with Gasteiger partial charge in [-0.05, 0) is 29.8 Å². The summed E-state index contributed by atoms with van der Waals surface area (Å²) >= 11 is 0. The van der Waals surface area contributed by atoms with Gasteiger partial charge in [0.15, 0.2) is 0 Å². The average Bonchev–Trinajstić information content (AvgIpc) is 2.69. The van der Waals surface area contributed by atoms with E-state index in [1.165, 1.54) is 36.4 Å². The monoisotopic (exact) mass is 306 g/mol. The third kappa shape index (κ3) is 2.38. The van der Waals surface area contributed by atoms with Crippen LogP contribution in [0.3, 0.4) is 0 Å². The lowest BCUT2D eigenvalue weighted by molar-refractivity contribution is 0.356. The van der Waals surface area contributed by atoms with Crippen LogP contribution in [-0.4, -0.2) is 20.1 Å². The molecule has 0 fully saturated rings. The lowest BCUT2D eigenvalue weighted by Crippen LogP contribution is -2.09. The van der Waals surface area contributed by atoms with Gasteiger partial charge >= 0.3 is 0 Å². The molecule has 0 radical (unpaired) electrons. The molecule has 4 nitrogen and oxygen atoms in total. The molecule has 0 saturated heterocycles. The first-order valence-corrected chi connectivity index (χ1v) is 7.63. The van der Waals surface area contributed by atoms with Crippen molar-refractivity contribution >= 4 is 15.9 Å². The Morgan fingerprint density at radius 1 is 1.14 bits per heavy atom. The number of hydrogen-bond acceptors (Lipinski definition) is 4. The van der Waals surface area contributed by atoms with Crippen LogP contribution in [0.4, 0.5) is 4.39 Å². The zero-order chi connectivity index (χ0) is 15.0. The van der Waals surface area contributed by atoms with E-state index in [4.69, 9.17) is 4.74 Å². The van der Waals surface area contributed by atoms with Gasteiger partial charge in [0.05, 0.1) is 4.91 Å². The largest absolute Gasteiger partial charge is 0.507 e. The van der Waals surface area contributed by atoms with Gasteiger partial charge in [0, 0.05) is 6.07 Å². The van der Waals surface area contributed by atoms with Gasteiger partial charge in [0.25, 0.3) is 0 Å². The van der Waals surface area contributed by atoms with Crippen LogP contribution in [0.1, 0.15) is 5.56 Å². The molecule has 0 aromatic heterocycles. The van der Waals surface area contributed by atoms with Crippen molar-refractivity contribution in [1.82, 2.24) is 0 Å². The molecule has 2 aromatic carbocycles. The van der Waals surface area contributed by atoms with Crippen LogP contribution in [0.25, 0.3) is 6.08 Å². The van der Waals surface area contributed by atoms with Crippen LogP contribution >= 0.6 is 0 Å². The van der Waals surface area contributed by atoms with E-state index in [0.29, 0.717) is 5.56 Å². The Kier molecular flexibility index (Phi) is 3.17. The number of phenolic OH excluding ortho intramolecular Hbond substituents is 1. The highest BCUT2D eigenvalue weighted by Crippen LogP contribution is 2.38. The number of benzene rings is 2. The highest BCUT2D eigenvalue weighted by Gasteiger charge is 2.32. The minimum atomic E-state index is -3.76. The fourth-order valence-electron chi connectivity index (χ4n) is 2.16. The fraction of sp³-hybridized carbons (Fsp3) is 0.0667. The topological polar surface area (TPSA) is 63.6 Å². The molecule has 1 aliphatic heterocycles. The molecule has 1 aliphatic rings. The predicted octanol–water partition coefficient (Wildman–Crippen LogP) is 2.74. The summed E-state index contributed by atoms with van der Waals surface area (Å²) in [5.41, 5.74) is 0.424. The predicted molar refractivity (Wildman–Crippen MR) is 75.2 cm³/mol. The van der Waals surface area contributed by atoms with Crippen LogP contribution in [0.5, 0.6) is 11.5 Å². The van der Waals surface area contributed by atoms with Crippen LogP contribution in [-0.2, 0) is 9.84 Å². The van der Waals surface area contributed by atoms with Gasteiger partial charge in [-0.3, -0.25) is 0 Å². The fourth-order valence-corrected chi connectivity index (χ4v) is 3.70. The van der Waals surface area contributed by atoms with Crippen molar-refractivity contribution in [3.05, 3.63) is 58.8 Å². The first-order valence-electron chi connectivity index (χ1n) is 6.14. The van der Waals surface area contributed by atoms with Gasteiger partial charge < -0.3 is 9.84 Å². The van der Waals surface area contributed by atoms with Gasteiger partial charge in [-0.25, -0.2) is 12.8 Å². The molecule has 21 heavy (non-hydrogen) atoms. The Balaban J connectivity index is 1.87. The normalized spacial score (nSPS) is 15.4. The van der Waals surface area contributed by atoms with Crippen LogP contribution < -0.4 is 4.74 Å². The molecule has 2 aromatic rings. The van der Waals surface area contributed by atoms with Crippen molar-refractivity contribution in [3.63, 3.8) is 0 Å². The molecule has 0 aliphatic carbocycles. The number of aromatic hydroxyl groups is 1. The maximum Gasteiger partial charge on any atom is 0.210 e. The standard InChI is InChI=1S/C15H11FO4S/c16-11-4-2-5-12(8-11)20-9-13-7-10-3-1-6-14(17)15(10)21(13,18)19/h1-8,17H,9H2. The van der Waals surface area contributed by atoms with E-state index in [1.54, 1.807) is 12.1 Å². The van der Waals surface area contributed by atoms with Gasteiger partial charge in [-0.1, -0.05) is 18.2 Å². The number of halogens is 1. The first kappa shape index (κ1) is 13.6. The Morgan fingerprint density at radius 2 is 1.90 bits per heavy atom. The average molecular weight is 306 g/mol. The second-order valence-corrected chi connectivity index (χ2v) is 6.50. The highest BCUT2D eigenvalue weighted by molar-refractivity contribution is 7.96. The van der Waals surface area contributed by atoms with Gasteiger partial charge in [-0.2, -0.15) is 0 Å². The number of sulfone groups is 1. The van der Waals surface area contributed by atoms with Crippen molar-refractivity contribution in [2.24, 2.45) is 0 Å². The molecule has 0 amide bonds. The lowest BCUT2D eigenvalue weighted by Gasteiger charge is -2.08. The number of fused-ring (bicyclic) bond motifs is 1. The van der Waals surface area contributed by atoms with Crippen molar-refractivity contribution in [3.8, 4) is 11.5 Å². The number of rotatable bonds is 3. The second kappa shape index (κ2) is 4.89. The summed E-state index contributed by atoms with van der Waals surface area (Å²) < 4.78 is 43.0. The Bertz CT molecular complexity index is 841. The third-order valence-electron chi connectivity index (χ3n) is 3.13. The summed E-state index contributed by atoms with van der Waals surface area (Å²) in [5, 5.41) is 9.70. The minimum Gasteiger partial charge on any atom is -0.507 e. The first-order chi connectivity index (χ1) is 9.98. The Morgan fingerprint density at radius 3 is 2.62 bits per heavy atom. The SMILES string of the molecule is O=S1(=O)C(COc2cccc(F)c2)=Cc2cccc(O)c21. The molecule has 0 unspecified atom stereocenters. The maximum atomic E-state index is 13.0. The summed E-state index contributed by atoms with van der Waals surface area (Å²) in [6.45, 7) is -0.222. The van der Waals surface area contributed by atoms with E-state index < -0.39 is 15.7 Å². The zero-order valence-corrected chi connectivity index (χ0v) is 11.6. The van der Waals surface area contributed by atoms with E-state index >= 15 is 0 Å². The molecule has 0 atom stereocenters. The number of phenols is 1. The molecule has 0 spiro atoms. The number of ether oxygens (including phenoxy) is 1. The molecule has 0 bridgehead atoms. The smallest absolute Gasteiger partial charge is 0.210 e. The van der Waals surface area contributed by atoms with E-state index in [2.05, 4.69) is 0 Å². The lowest BCUT2D eigenvalue weighted by atomic mass is 10.2. The molecule has 1 N–H and O–H groups in total. The summed E-state index contributed by atoms with van der Waals surface area (Å²) in [6.07, 6.45) is 1.45. The van der Waals surface area contributed by atoms with Crippen LogP contribution in [0.15, 0.2) is 52.3 Å². The molecule has 0 saturated carbocycles. The molecule has 6 heteroatoms. The van der Waals surface area contributed by atoms with Crippen molar-refractivity contribution in [2.75, 3.05) is 6.61 Å². The van der Waals surface area contributed by atoms with E-state index in [0.717, 1.165) is 0 Å². The van der Waals surface area contributed by atoms with Crippen LogP contribution in [0, 0.1) is 5.82 Å². The molecule has 3 rings (SSSR count). The highest BCUT2D eigenvalue weighted by atomic mass is 32.2. The minimum absolute atomic E-state index is 0.0308. The molecular weight excluding hydrogens is 295 g/mol. The van der Waals surface area contributed by atoms with Crippen molar-refractivity contribution < 1.29 is 22.7 Å². The van der Waals surface area contributed by atoms with Gasteiger partial charge in [-0.15, -0.1) is 0 Å². The zero-order valence-electron chi connectivity index (χ0n) is 10.8.